The molecular weight excluding hydrogens is 421 g/mol. The van der Waals surface area contributed by atoms with E-state index in [4.69, 9.17) is 11.5 Å². The molecular formula is C25H28FN5O2. The van der Waals surface area contributed by atoms with E-state index < -0.39 is 29.5 Å². The summed E-state index contributed by atoms with van der Waals surface area (Å²) in [6, 6.07) is 11.0. The predicted octanol–water partition coefficient (Wildman–Crippen LogP) is 3.44. The molecule has 0 spiro atoms. The zero-order valence-corrected chi connectivity index (χ0v) is 18.6. The summed E-state index contributed by atoms with van der Waals surface area (Å²) < 4.78 is 16.3. The first-order chi connectivity index (χ1) is 15.7. The number of anilines is 2. The lowest BCUT2D eigenvalue weighted by Crippen LogP contribution is -2.39. The first kappa shape index (κ1) is 21.6. The minimum absolute atomic E-state index is 0.0461. The van der Waals surface area contributed by atoms with Crippen LogP contribution in [0.4, 0.5) is 16.0 Å². The summed E-state index contributed by atoms with van der Waals surface area (Å²) in [6.45, 7) is 4.08. The van der Waals surface area contributed by atoms with E-state index in [1.54, 1.807) is 22.9 Å². The molecule has 4 aromatic rings. The molecule has 5 atom stereocenters. The molecule has 7 nitrogen and oxygen atoms in total. The Balaban J connectivity index is 1.44. The maximum Gasteiger partial charge on any atom is 0.165 e. The number of hydrogen-bond donors (Lipinski definition) is 4. The zero-order chi connectivity index (χ0) is 23.5. The Morgan fingerprint density at radius 1 is 1.21 bits per heavy atom. The molecule has 1 saturated carbocycles. The molecule has 0 saturated heterocycles. The Labute approximate surface area is 190 Å². The van der Waals surface area contributed by atoms with Crippen LogP contribution in [0.25, 0.3) is 21.8 Å². The summed E-state index contributed by atoms with van der Waals surface area (Å²) >= 11 is 0. The van der Waals surface area contributed by atoms with Crippen LogP contribution >= 0.6 is 0 Å². The van der Waals surface area contributed by atoms with Crippen LogP contribution in [0.5, 0.6) is 0 Å². The number of pyridine rings is 2. The minimum Gasteiger partial charge on any atom is -0.390 e. The molecule has 0 unspecified atom stereocenters. The molecule has 0 bridgehead atoms. The molecule has 1 aromatic carbocycles. The van der Waals surface area contributed by atoms with Gasteiger partial charge in [0.25, 0.3) is 0 Å². The van der Waals surface area contributed by atoms with Crippen LogP contribution in [0.1, 0.15) is 31.9 Å². The average molecular weight is 450 g/mol. The number of nitrogens with zero attached hydrogens (tertiary/aromatic N) is 3. The Hall–Kier alpha value is -3.23. The lowest BCUT2D eigenvalue weighted by atomic mass is 9.72. The number of halogens is 1. The summed E-state index contributed by atoms with van der Waals surface area (Å²) in [4.78, 5) is 8.22. The average Bonchev–Trinajstić information content (AvgIpc) is 3.33. The SMILES string of the molecule is C[C@@H](Cc1ccc2nc(N)ccc2c1)[C@@]1(C)C[C@@H](n2ccc3c(N)ncc(F)c32)[C@H](O)[C@@H]1O. The Morgan fingerprint density at radius 3 is 2.79 bits per heavy atom. The van der Waals surface area contributed by atoms with Crippen molar-refractivity contribution in [3.8, 4) is 0 Å². The van der Waals surface area contributed by atoms with Gasteiger partial charge in [0, 0.05) is 22.4 Å². The third-order valence-corrected chi connectivity index (χ3v) is 7.58. The molecule has 33 heavy (non-hydrogen) atoms. The van der Waals surface area contributed by atoms with Crippen molar-refractivity contribution in [2.24, 2.45) is 11.3 Å². The number of nitrogen functional groups attached to an aromatic ring is 2. The van der Waals surface area contributed by atoms with Crippen molar-refractivity contribution in [2.75, 3.05) is 11.5 Å². The first-order valence-electron chi connectivity index (χ1n) is 11.1. The number of hydrogen-bond acceptors (Lipinski definition) is 6. The summed E-state index contributed by atoms with van der Waals surface area (Å²) in [6.07, 6.45) is 2.02. The first-order valence-corrected chi connectivity index (χ1v) is 11.1. The second kappa shape index (κ2) is 7.67. The van der Waals surface area contributed by atoms with Crippen LogP contribution < -0.4 is 11.5 Å². The number of rotatable bonds is 4. The third-order valence-electron chi connectivity index (χ3n) is 7.58. The molecule has 172 valence electrons. The minimum atomic E-state index is -1.04. The number of benzene rings is 1. The van der Waals surface area contributed by atoms with Gasteiger partial charge in [-0.15, -0.1) is 0 Å². The third kappa shape index (κ3) is 3.41. The van der Waals surface area contributed by atoms with Gasteiger partial charge in [-0.1, -0.05) is 19.9 Å². The standard InChI is InChI=1S/C25H28FN5O2/c1-13(9-14-3-5-18-15(10-14)4-6-20(27)30-18)25(2)11-19(22(32)23(25)33)31-8-7-16-21(31)17(26)12-29-24(16)28/h3-8,10,12-13,19,22-23,32-33H,9,11H2,1-2H3,(H2,27,30)(H2,28,29)/t13-,19+,22-,23-,25+/m0/s1. The fourth-order valence-electron chi connectivity index (χ4n) is 5.39. The molecule has 0 aliphatic heterocycles. The van der Waals surface area contributed by atoms with Gasteiger partial charge < -0.3 is 26.2 Å². The van der Waals surface area contributed by atoms with E-state index in [0.717, 1.165) is 22.7 Å². The van der Waals surface area contributed by atoms with E-state index in [9.17, 15) is 14.6 Å². The van der Waals surface area contributed by atoms with Crippen molar-refractivity contribution >= 4 is 33.4 Å². The lowest BCUT2D eigenvalue weighted by molar-refractivity contribution is -0.0407. The van der Waals surface area contributed by atoms with E-state index in [0.29, 0.717) is 29.6 Å². The van der Waals surface area contributed by atoms with Gasteiger partial charge in [0.1, 0.15) is 17.7 Å². The van der Waals surface area contributed by atoms with Crippen molar-refractivity contribution in [1.82, 2.24) is 14.5 Å². The van der Waals surface area contributed by atoms with Crippen molar-refractivity contribution in [1.29, 1.82) is 0 Å². The number of aliphatic hydroxyl groups excluding tert-OH is 2. The van der Waals surface area contributed by atoms with Crippen LogP contribution in [0.2, 0.25) is 0 Å². The van der Waals surface area contributed by atoms with E-state index >= 15 is 0 Å². The summed E-state index contributed by atoms with van der Waals surface area (Å²) in [5.41, 5.74) is 13.4. The largest absolute Gasteiger partial charge is 0.390 e. The maximum absolute atomic E-state index is 14.6. The fourth-order valence-corrected chi connectivity index (χ4v) is 5.39. The van der Waals surface area contributed by atoms with E-state index in [-0.39, 0.29) is 11.7 Å². The zero-order valence-electron chi connectivity index (χ0n) is 18.6. The topological polar surface area (TPSA) is 123 Å². The molecule has 5 rings (SSSR count). The Bertz CT molecular complexity index is 1360. The van der Waals surface area contributed by atoms with Crippen molar-refractivity contribution in [3.63, 3.8) is 0 Å². The Morgan fingerprint density at radius 2 is 2.00 bits per heavy atom. The van der Waals surface area contributed by atoms with E-state index in [2.05, 4.69) is 23.0 Å². The van der Waals surface area contributed by atoms with Crippen LogP contribution in [-0.2, 0) is 6.42 Å². The van der Waals surface area contributed by atoms with Crippen LogP contribution in [0.3, 0.4) is 0 Å². The molecule has 0 amide bonds. The van der Waals surface area contributed by atoms with Gasteiger partial charge in [-0.2, -0.15) is 0 Å². The number of aliphatic hydroxyl groups is 2. The molecule has 3 heterocycles. The highest BCUT2D eigenvalue weighted by molar-refractivity contribution is 5.89. The normalized spacial score (nSPS) is 26.3. The molecule has 6 N–H and O–H groups in total. The van der Waals surface area contributed by atoms with E-state index in [1.165, 1.54) is 0 Å². The van der Waals surface area contributed by atoms with Crippen molar-refractivity contribution in [3.05, 3.63) is 60.2 Å². The smallest absolute Gasteiger partial charge is 0.165 e. The second-order valence-corrected chi connectivity index (χ2v) is 9.56. The van der Waals surface area contributed by atoms with Gasteiger partial charge in [0.05, 0.1) is 29.4 Å². The number of fused-ring (bicyclic) bond motifs is 2. The van der Waals surface area contributed by atoms with Crippen molar-refractivity contribution in [2.45, 2.75) is 44.9 Å². The molecule has 1 aliphatic rings. The van der Waals surface area contributed by atoms with Crippen molar-refractivity contribution < 1.29 is 14.6 Å². The maximum atomic E-state index is 14.6. The van der Waals surface area contributed by atoms with Crippen LogP contribution in [-0.4, -0.2) is 37.0 Å². The highest BCUT2D eigenvalue weighted by Crippen LogP contribution is 2.51. The number of nitrogens with two attached hydrogens (primary N) is 2. The predicted molar refractivity (Wildman–Crippen MR) is 127 cm³/mol. The van der Waals surface area contributed by atoms with Gasteiger partial charge in [-0.05, 0) is 54.7 Å². The summed E-state index contributed by atoms with van der Waals surface area (Å²) in [5.74, 6) is 0.265. The number of aromatic nitrogens is 3. The molecule has 1 aliphatic carbocycles. The summed E-state index contributed by atoms with van der Waals surface area (Å²) in [7, 11) is 0. The Kier molecular flexibility index (Phi) is 5.02. The van der Waals surface area contributed by atoms with Crippen LogP contribution in [0, 0.1) is 17.2 Å². The highest BCUT2D eigenvalue weighted by Gasteiger charge is 2.53. The van der Waals surface area contributed by atoms with Gasteiger partial charge >= 0.3 is 0 Å². The van der Waals surface area contributed by atoms with Gasteiger partial charge in [0.15, 0.2) is 5.82 Å². The lowest BCUT2D eigenvalue weighted by Gasteiger charge is -2.35. The van der Waals surface area contributed by atoms with Gasteiger partial charge in [-0.3, -0.25) is 0 Å². The second-order valence-electron chi connectivity index (χ2n) is 9.56. The van der Waals surface area contributed by atoms with E-state index in [1.807, 2.05) is 25.1 Å². The van der Waals surface area contributed by atoms with Crippen LogP contribution in [0.15, 0.2) is 48.8 Å². The monoisotopic (exact) mass is 449 g/mol. The highest BCUT2D eigenvalue weighted by atomic mass is 19.1. The summed E-state index contributed by atoms with van der Waals surface area (Å²) in [5, 5.41) is 23.6. The quantitative estimate of drug-likeness (QED) is 0.378. The molecule has 8 heteroatoms. The molecule has 0 radical (unpaired) electrons. The van der Waals surface area contributed by atoms with Gasteiger partial charge in [-0.25, -0.2) is 14.4 Å². The molecule has 3 aromatic heterocycles. The van der Waals surface area contributed by atoms with Gasteiger partial charge in [0.2, 0.25) is 0 Å². The molecule has 1 fully saturated rings. The fraction of sp³-hybridized carbons (Fsp3) is 0.360.